The molecule has 0 bridgehead atoms. The van der Waals surface area contributed by atoms with Crippen LogP contribution in [0.15, 0.2) is 12.1 Å². The van der Waals surface area contributed by atoms with Gasteiger partial charge in [-0.2, -0.15) is 0 Å². The summed E-state index contributed by atoms with van der Waals surface area (Å²) in [7, 11) is 3.08. The van der Waals surface area contributed by atoms with Gasteiger partial charge in [0.1, 0.15) is 0 Å². The Morgan fingerprint density at radius 2 is 2.00 bits per heavy atom. The Morgan fingerprint density at radius 1 is 1.31 bits per heavy atom. The highest BCUT2D eigenvalue weighted by Gasteiger charge is 2.17. The maximum absolute atomic E-state index is 9.90. The van der Waals surface area contributed by atoms with E-state index in [4.69, 9.17) is 21.1 Å². The molecule has 0 aliphatic rings. The van der Waals surface area contributed by atoms with E-state index in [9.17, 15) is 5.11 Å². The molecule has 1 unspecified atom stereocenters. The van der Waals surface area contributed by atoms with Gasteiger partial charge in [0.05, 0.1) is 25.3 Å². The molecule has 1 atom stereocenters. The van der Waals surface area contributed by atoms with Crippen LogP contribution in [0.25, 0.3) is 0 Å². The van der Waals surface area contributed by atoms with Gasteiger partial charge in [-0.3, -0.25) is 0 Å². The standard InChI is InChI=1S/C12H17ClO3/c1-4-5-9(14)8-6-7-10(15-2)12(16-3)11(8)13/h6-7,9,14H,4-5H2,1-3H3. The molecule has 0 amide bonds. The van der Waals surface area contributed by atoms with Crippen molar-refractivity contribution in [1.29, 1.82) is 0 Å². The lowest BCUT2D eigenvalue weighted by atomic mass is 10.0. The van der Waals surface area contributed by atoms with Crippen LogP contribution >= 0.6 is 11.6 Å². The van der Waals surface area contributed by atoms with E-state index in [0.29, 0.717) is 28.5 Å². The Morgan fingerprint density at radius 3 is 2.50 bits per heavy atom. The van der Waals surface area contributed by atoms with Gasteiger partial charge in [-0.25, -0.2) is 0 Å². The van der Waals surface area contributed by atoms with E-state index in [1.54, 1.807) is 19.2 Å². The van der Waals surface area contributed by atoms with Gasteiger partial charge >= 0.3 is 0 Å². The van der Waals surface area contributed by atoms with Crippen molar-refractivity contribution >= 4 is 11.6 Å². The van der Waals surface area contributed by atoms with Crippen molar-refractivity contribution in [1.82, 2.24) is 0 Å². The highest BCUT2D eigenvalue weighted by Crippen LogP contribution is 2.40. The van der Waals surface area contributed by atoms with Crippen LogP contribution in [-0.4, -0.2) is 19.3 Å². The molecule has 0 aliphatic carbocycles. The molecule has 0 aliphatic heterocycles. The fourth-order valence-corrected chi connectivity index (χ4v) is 1.95. The SMILES string of the molecule is CCCC(O)c1ccc(OC)c(OC)c1Cl. The summed E-state index contributed by atoms with van der Waals surface area (Å²) in [6, 6.07) is 3.52. The normalized spacial score (nSPS) is 12.3. The van der Waals surface area contributed by atoms with E-state index < -0.39 is 6.10 Å². The van der Waals surface area contributed by atoms with E-state index in [1.807, 2.05) is 6.92 Å². The second-order valence-corrected chi connectivity index (χ2v) is 3.89. The fourth-order valence-electron chi connectivity index (χ4n) is 1.59. The van der Waals surface area contributed by atoms with Gasteiger partial charge in [-0.05, 0) is 12.5 Å². The summed E-state index contributed by atoms with van der Waals surface area (Å²) in [6.07, 6.45) is 1.01. The van der Waals surface area contributed by atoms with Gasteiger partial charge in [-0.1, -0.05) is 31.0 Å². The second kappa shape index (κ2) is 5.97. The molecular formula is C12H17ClO3. The van der Waals surface area contributed by atoms with Gasteiger partial charge < -0.3 is 14.6 Å². The topological polar surface area (TPSA) is 38.7 Å². The van der Waals surface area contributed by atoms with Crippen molar-refractivity contribution in [2.24, 2.45) is 0 Å². The van der Waals surface area contributed by atoms with Crippen LogP contribution in [0.4, 0.5) is 0 Å². The first-order valence-electron chi connectivity index (χ1n) is 5.24. The Labute approximate surface area is 101 Å². The molecule has 0 fully saturated rings. The van der Waals surface area contributed by atoms with E-state index in [0.717, 1.165) is 6.42 Å². The Kier molecular flexibility index (Phi) is 4.90. The predicted octanol–water partition coefficient (Wildman–Crippen LogP) is 3.19. The average Bonchev–Trinajstić information content (AvgIpc) is 2.28. The highest BCUT2D eigenvalue weighted by molar-refractivity contribution is 6.33. The first-order valence-corrected chi connectivity index (χ1v) is 5.61. The number of hydrogen-bond donors (Lipinski definition) is 1. The fraction of sp³-hybridized carbons (Fsp3) is 0.500. The van der Waals surface area contributed by atoms with Crippen LogP contribution in [0.2, 0.25) is 5.02 Å². The Bertz CT molecular complexity index is 352. The third-order valence-corrected chi connectivity index (χ3v) is 2.83. The van der Waals surface area contributed by atoms with Gasteiger partial charge in [0.15, 0.2) is 11.5 Å². The largest absolute Gasteiger partial charge is 0.493 e. The number of rotatable bonds is 5. The lowest BCUT2D eigenvalue weighted by Crippen LogP contribution is -2.00. The molecule has 0 saturated heterocycles. The molecule has 0 heterocycles. The molecule has 90 valence electrons. The lowest BCUT2D eigenvalue weighted by Gasteiger charge is -2.16. The quantitative estimate of drug-likeness (QED) is 0.865. The zero-order valence-electron chi connectivity index (χ0n) is 9.79. The van der Waals surface area contributed by atoms with Gasteiger partial charge in [0.2, 0.25) is 0 Å². The molecule has 3 nitrogen and oxygen atoms in total. The molecule has 1 N–H and O–H groups in total. The summed E-state index contributed by atoms with van der Waals surface area (Å²) >= 11 is 6.16. The van der Waals surface area contributed by atoms with Crippen LogP contribution in [0.5, 0.6) is 11.5 Å². The van der Waals surface area contributed by atoms with Crippen LogP contribution in [0.1, 0.15) is 31.4 Å². The van der Waals surface area contributed by atoms with Crippen LogP contribution in [0, 0.1) is 0 Å². The lowest BCUT2D eigenvalue weighted by molar-refractivity contribution is 0.166. The molecule has 0 spiro atoms. The van der Waals surface area contributed by atoms with E-state index in [2.05, 4.69) is 0 Å². The summed E-state index contributed by atoms with van der Waals surface area (Å²) < 4.78 is 10.3. The van der Waals surface area contributed by atoms with Gasteiger partial charge in [0.25, 0.3) is 0 Å². The smallest absolute Gasteiger partial charge is 0.179 e. The van der Waals surface area contributed by atoms with Crippen molar-refractivity contribution in [2.75, 3.05) is 14.2 Å². The minimum atomic E-state index is -0.558. The first-order chi connectivity index (χ1) is 7.65. The summed E-state index contributed by atoms with van der Waals surface area (Å²) in [5.74, 6) is 1.04. The van der Waals surface area contributed by atoms with Crippen molar-refractivity contribution in [3.05, 3.63) is 22.7 Å². The first kappa shape index (κ1) is 13.1. The van der Waals surface area contributed by atoms with Crippen molar-refractivity contribution in [2.45, 2.75) is 25.9 Å². The predicted molar refractivity (Wildman–Crippen MR) is 64.4 cm³/mol. The number of methoxy groups -OCH3 is 2. The van der Waals surface area contributed by atoms with Crippen LogP contribution < -0.4 is 9.47 Å². The molecule has 1 rings (SSSR count). The molecular weight excluding hydrogens is 228 g/mol. The Hall–Kier alpha value is -0.930. The van der Waals surface area contributed by atoms with E-state index >= 15 is 0 Å². The minimum Gasteiger partial charge on any atom is -0.493 e. The van der Waals surface area contributed by atoms with Crippen LogP contribution in [-0.2, 0) is 0 Å². The maximum atomic E-state index is 9.90. The molecule has 4 heteroatoms. The highest BCUT2D eigenvalue weighted by atomic mass is 35.5. The number of halogens is 1. The number of aliphatic hydroxyl groups is 1. The third kappa shape index (κ3) is 2.60. The second-order valence-electron chi connectivity index (χ2n) is 3.51. The summed E-state index contributed by atoms with van der Waals surface area (Å²) in [5, 5.41) is 10.3. The number of aliphatic hydroxyl groups excluding tert-OH is 1. The average molecular weight is 245 g/mol. The third-order valence-electron chi connectivity index (χ3n) is 2.44. The summed E-state index contributed by atoms with van der Waals surface area (Å²) in [4.78, 5) is 0. The molecule has 1 aromatic rings. The minimum absolute atomic E-state index is 0.419. The summed E-state index contributed by atoms with van der Waals surface area (Å²) in [6.45, 7) is 2.01. The van der Waals surface area contributed by atoms with Gasteiger partial charge in [-0.15, -0.1) is 0 Å². The van der Waals surface area contributed by atoms with E-state index in [-0.39, 0.29) is 0 Å². The summed E-state index contributed by atoms with van der Waals surface area (Å²) in [5.41, 5.74) is 0.682. The molecule has 1 aromatic carbocycles. The van der Waals surface area contributed by atoms with Crippen molar-refractivity contribution in [3.63, 3.8) is 0 Å². The maximum Gasteiger partial charge on any atom is 0.179 e. The number of ether oxygens (including phenoxy) is 2. The molecule has 16 heavy (non-hydrogen) atoms. The van der Waals surface area contributed by atoms with Crippen molar-refractivity contribution < 1.29 is 14.6 Å². The van der Waals surface area contributed by atoms with Gasteiger partial charge in [0, 0.05) is 5.56 Å². The molecule has 0 radical (unpaired) electrons. The van der Waals surface area contributed by atoms with Crippen LogP contribution in [0.3, 0.4) is 0 Å². The van der Waals surface area contributed by atoms with E-state index in [1.165, 1.54) is 7.11 Å². The molecule has 0 saturated carbocycles. The zero-order chi connectivity index (χ0) is 12.1. The zero-order valence-corrected chi connectivity index (χ0v) is 10.5. The number of benzene rings is 1. The monoisotopic (exact) mass is 244 g/mol. The number of hydrogen-bond acceptors (Lipinski definition) is 3. The van der Waals surface area contributed by atoms with Crippen molar-refractivity contribution in [3.8, 4) is 11.5 Å². The Balaban J connectivity index is 3.13. The molecule has 0 aromatic heterocycles.